The fourth-order valence-electron chi connectivity index (χ4n) is 6.06. The molecule has 6 rings (SSSR count). The summed E-state index contributed by atoms with van der Waals surface area (Å²) in [5.74, 6) is -0.729. The Bertz CT molecular complexity index is 1560. The second-order valence-corrected chi connectivity index (χ2v) is 11.4. The standard InChI is InChI=1S/C32H37FN6O3.H2/c1-36(2)32(41)28-20-27-30(33)25(23-5-3-14-38(21-23)29(40)10-16-39-15-4-11-35-39)19-26(31(27)42-28)22-6-8-24(9-7-22)37-17-12-34-13-18-37;/h4,6-9,11,15,19-20,23,34H,3,5,10,12-14,16-18,21H2,1-2H3;1H. The maximum absolute atomic E-state index is 16.3. The number of anilines is 1. The molecule has 1 N–H and O–H groups in total. The topological polar surface area (TPSA) is 86.9 Å². The van der Waals surface area contributed by atoms with Crippen molar-refractivity contribution in [2.45, 2.75) is 31.7 Å². The number of likely N-dealkylation sites (tertiary alicyclic amines) is 1. The van der Waals surface area contributed by atoms with Crippen LogP contribution in [0.5, 0.6) is 0 Å². The lowest BCUT2D eigenvalue weighted by atomic mass is 9.87. The third kappa shape index (κ3) is 5.63. The van der Waals surface area contributed by atoms with Crippen molar-refractivity contribution in [3.8, 4) is 11.1 Å². The molecule has 4 heterocycles. The van der Waals surface area contributed by atoms with E-state index < -0.39 is 0 Å². The molecule has 2 aromatic heterocycles. The van der Waals surface area contributed by atoms with Crippen molar-refractivity contribution in [1.29, 1.82) is 0 Å². The highest BCUT2D eigenvalue weighted by atomic mass is 19.1. The van der Waals surface area contributed by atoms with E-state index in [4.69, 9.17) is 4.42 Å². The zero-order valence-corrected chi connectivity index (χ0v) is 24.2. The number of piperidine rings is 1. The van der Waals surface area contributed by atoms with Crippen LogP contribution in [-0.2, 0) is 11.3 Å². The van der Waals surface area contributed by atoms with E-state index in [1.807, 2.05) is 35.4 Å². The van der Waals surface area contributed by atoms with Gasteiger partial charge in [0.2, 0.25) is 5.91 Å². The van der Waals surface area contributed by atoms with Gasteiger partial charge < -0.3 is 24.4 Å². The summed E-state index contributed by atoms with van der Waals surface area (Å²) in [7, 11) is 3.29. The number of furan rings is 1. The molecule has 0 spiro atoms. The van der Waals surface area contributed by atoms with E-state index in [1.54, 1.807) is 25.0 Å². The first-order valence-corrected chi connectivity index (χ1v) is 14.7. The quantitative estimate of drug-likeness (QED) is 0.348. The zero-order chi connectivity index (χ0) is 29.2. The van der Waals surface area contributed by atoms with E-state index in [9.17, 15) is 9.59 Å². The SMILES string of the molecule is CN(C)C(=O)c1cc2c(F)c(C3CCCN(C(=O)CCn4cccn4)C3)cc(-c3ccc(N4CCNCC4)cc3)c2o1.[HH]. The van der Waals surface area contributed by atoms with Crippen molar-refractivity contribution in [1.82, 2.24) is 24.9 Å². The molecule has 10 heteroatoms. The average Bonchev–Trinajstić information content (AvgIpc) is 3.71. The van der Waals surface area contributed by atoms with Gasteiger partial charge in [0, 0.05) is 103 Å². The number of hydrogen-bond acceptors (Lipinski definition) is 6. The molecule has 9 nitrogen and oxygen atoms in total. The first-order valence-electron chi connectivity index (χ1n) is 14.7. The predicted octanol–water partition coefficient (Wildman–Crippen LogP) is 4.59. The van der Waals surface area contributed by atoms with Crippen molar-refractivity contribution in [2.24, 2.45) is 0 Å². The minimum Gasteiger partial charge on any atom is -0.450 e. The van der Waals surface area contributed by atoms with E-state index in [-0.39, 0.29) is 30.7 Å². The summed E-state index contributed by atoms with van der Waals surface area (Å²) in [4.78, 5) is 31.5. The van der Waals surface area contributed by atoms with E-state index in [0.29, 0.717) is 42.6 Å². The number of fused-ring (bicyclic) bond motifs is 1. The number of rotatable bonds is 7. The number of aromatic nitrogens is 2. The molecule has 2 aliphatic heterocycles. The van der Waals surface area contributed by atoms with Crippen molar-refractivity contribution >= 4 is 28.5 Å². The van der Waals surface area contributed by atoms with Gasteiger partial charge in [-0.15, -0.1) is 0 Å². The summed E-state index contributed by atoms with van der Waals surface area (Å²) in [5.41, 5.74) is 3.69. The normalized spacial score (nSPS) is 17.5. The van der Waals surface area contributed by atoms with Crippen molar-refractivity contribution in [3.63, 3.8) is 0 Å². The first kappa shape index (κ1) is 28.0. The molecular weight excluding hydrogens is 535 g/mol. The Morgan fingerprint density at radius 1 is 1.14 bits per heavy atom. The highest BCUT2D eigenvalue weighted by molar-refractivity contribution is 6.00. The number of carbonyl (C=O) groups excluding carboxylic acids is 2. The molecule has 0 saturated carbocycles. The summed E-state index contributed by atoms with van der Waals surface area (Å²) in [6, 6.07) is 13.5. The Balaban J connectivity index is 0.00000368. The number of nitrogens with one attached hydrogen (secondary N) is 1. The largest absolute Gasteiger partial charge is 0.450 e. The Labute approximate surface area is 246 Å². The second-order valence-electron chi connectivity index (χ2n) is 11.4. The van der Waals surface area contributed by atoms with Gasteiger partial charge in [-0.05, 0) is 48.2 Å². The van der Waals surface area contributed by atoms with E-state index in [0.717, 1.165) is 55.8 Å². The maximum Gasteiger partial charge on any atom is 0.289 e. The van der Waals surface area contributed by atoms with Crippen LogP contribution in [0.4, 0.5) is 10.1 Å². The molecule has 42 heavy (non-hydrogen) atoms. The van der Waals surface area contributed by atoms with Crippen LogP contribution in [0.1, 0.15) is 42.7 Å². The average molecular weight is 575 g/mol. The molecule has 2 saturated heterocycles. The lowest BCUT2D eigenvalue weighted by Gasteiger charge is -2.33. The monoisotopic (exact) mass is 574 g/mol. The molecule has 222 valence electrons. The van der Waals surface area contributed by atoms with Gasteiger partial charge in [0.15, 0.2) is 5.76 Å². The number of carbonyl (C=O) groups is 2. The highest BCUT2D eigenvalue weighted by Crippen LogP contribution is 2.40. The van der Waals surface area contributed by atoms with Crippen molar-refractivity contribution in [3.05, 3.63) is 72.0 Å². The van der Waals surface area contributed by atoms with Crippen LogP contribution >= 0.6 is 0 Å². The van der Waals surface area contributed by atoms with E-state index in [1.165, 1.54) is 11.0 Å². The number of nitrogens with zero attached hydrogens (tertiary/aromatic N) is 5. The fraction of sp³-hybridized carbons (Fsp3) is 0.406. The predicted molar refractivity (Wildman–Crippen MR) is 162 cm³/mol. The second kappa shape index (κ2) is 12.0. The van der Waals surface area contributed by atoms with Crippen LogP contribution in [0.25, 0.3) is 22.1 Å². The lowest BCUT2D eigenvalue weighted by molar-refractivity contribution is -0.132. The van der Waals surface area contributed by atoms with Gasteiger partial charge in [0.1, 0.15) is 11.4 Å². The Hall–Kier alpha value is -4.18. The zero-order valence-electron chi connectivity index (χ0n) is 24.2. The van der Waals surface area contributed by atoms with Gasteiger partial charge >= 0.3 is 0 Å². The van der Waals surface area contributed by atoms with Crippen LogP contribution in [0.3, 0.4) is 0 Å². The number of piperazine rings is 1. The molecule has 1 unspecified atom stereocenters. The molecule has 0 radical (unpaired) electrons. The number of aryl methyl sites for hydroxylation is 1. The number of amides is 2. The third-order valence-electron chi connectivity index (χ3n) is 8.37. The molecule has 1 atom stereocenters. The van der Waals surface area contributed by atoms with Gasteiger partial charge in [0.25, 0.3) is 5.91 Å². The lowest BCUT2D eigenvalue weighted by Crippen LogP contribution is -2.43. The molecule has 4 aromatic rings. The Morgan fingerprint density at radius 3 is 2.64 bits per heavy atom. The molecule has 0 bridgehead atoms. The molecular formula is C32H39FN6O3. The summed E-state index contributed by atoms with van der Waals surface area (Å²) >= 11 is 0. The van der Waals surface area contributed by atoms with E-state index in [2.05, 4.69) is 27.4 Å². The molecule has 0 aliphatic carbocycles. The van der Waals surface area contributed by atoms with Gasteiger partial charge in [-0.3, -0.25) is 14.3 Å². The van der Waals surface area contributed by atoms with Gasteiger partial charge in [-0.25, -0.2) is 4.39 Å². The van der Waals surface area contributed by atoms with Crippen LogP contribution < -0.4 is 10.2 Å². The van der Waals surface area contributed by atoms with Crippen LogP contribution in [-0.4, -0.2) is 84.8 Å². The Morgan fingerprint density at radius 2 is 1.93 bits per heavy atom. The molecule has 2 amide bonds. The minimum atomic E-state index is -0.386. The highest BCUT2D eigenvalue weighted by Gasteiger charge is 2.30. The van der Waals surface area contributed by atoms with Crippen LogP contribution in [0, 0.1) is 5.82 Å². The number of benzene rings is 2. The van der Waals surface area contributed by atoms with Crippen LogP contribution in [0.15, 0.2) is 59.3 Å². The minimum absolute atomic E-state index is 0. The summed E-state index contributed by atoms with van der Waals surface area (Å²) in [5, 5.41) is 7.86. The molecule has 2 fully saturated rings. The van der Waals surface area contributed by atoms with Crippen LogP contribution in [0.2, 0.25) is 0 Å². The van der Waals surface area contributed by atoms with Gasteiger partial charge in [0.05, 0.1) is 5.39 Å². The number of hydrogen-bond donors (Lipinski definition) is 1. The van der Waals surface area contributed by atoms with Crippen molar-refractivity contribution in [2.75, 3.05) is 58.3 Å². The van der Waals surface area contributed by atoms with E-state index >= 15 is 4.39 Å². The summed E-state index contributed by atoms with van der Waals surface area (Å²) in [6.45, 7) is 5.40. The first-order chi connectivity index (χ1) is 20.4. The molecule has 2 aliphatic rings. The third-order valence-corrected chi connectivity index (χ3v) is 8.37. The van der Waals surface area contributed by atoms with Gasteiger partial charge in [-0.2, -0.15) is 5.10 Å². The Kier molecular flexibility index (Phi) is 7.97. The maximum atomic E-state index is 16.3. The molecule has 2 aromatic carbocycles. The summed E-state index contributed by atoms with van der Waals surface area (Å²) < 4.78 is 24.1. The van der Waals surface area contributed by atoms with Gasteiger partial charge in [-0.1, -0.05) is 12.1 Å². The number of halogens is 1. The van der Waals surface area contributed by atoms with Crippen molar-refractivity contribution < 1.29 is 19.8 Å². The fourth-order valence-corrected chi connectivity index (χ4v) is 6.06. The smallest absolute Gasteiger partial charge is 0.289 e. The summed E-state index contributed by atoms with van der Waals surface area (Å²) in [6.07, 6.45) is 5.45.